The van der Waals surface area contributed by atoms with Crippen LogP contribution in [-0.4, -0.2) is 35.4 Å². The molecule has 0 aromatic heterocycles. The molecule has 0 radical (unpaired) electrons. The number of carbonyl (C=O) groups excluding carboxylic acids is 1. The highest BCUT2D eigenvalue weighted by Gasteiger charge is 2.29. The van der Waals surface area contributed by atoms with Gasteiger partial charge in [-0.3, -0.25) is 0 Å². The van der Waals surface area contributed by atoms with Crippen LogP contribution in [0.4, 0.5) is 4.79 Å². The number of benzene rings is 3. The number of nitrogens with one attached hydrogen (secondary N) is 1. The van der Waals surface area contributed by atoms with Crippen LogP contribution in [0.1, 0.15) is 48.9 Å². The van der Waals surface area contributed by atoms with E-state index in [0.29, 0.717) is 6.61 Å². The van der Waals surface area contributed by atoms with Gasteiger partial charge in [0.1, 0.15) is 12.6 Å². The van der Waals surface area contributed by atoms with Crippen LogP contribution in [0, 0.1) is 0 Å². The minimum absolute atomic E-state index is 0.0840. The quantitative estimate of drug-likeness (QED) is 0.449. The molecule has 4 rings (SSSR count). The van der Waals surface area contributed by atoms with Gasteiger partial charge in [0.05, 0.1) is 12.2 Å². The van der Waals surface area contributed by atoms with Crippen LogP contribution in [-0.2, 0) is 27.3 Å². The molecular weight excluding hydrogens is 442 g/mol. The van der Waals surface area contributed by atoms with Gasteiger partial charge in [-0.2, -0.15) is 0 Å². The second-order valence-corrected chi connectivity index (χ2v) is 9.78. The summed E-state index contributed by atoms with van der Waals surface area (Å²) in [7, 11) is 0. The van der Waals surface area contributed by atoms with Gasteiger partial charge in [0.2, 0.25) is 0 Å². The Bertz CT molecular complexity index is 1150. The zero-order valence-electron chi connectivity index (χ0n) is 20.3. The van der Waals surface area contributed by atoms with E-state index in [1.807, 2.05) is 81.4 Å². The van der Waals surface area contributed by atoms with Gasteiger partial charge in [-0.25, -0.2) is 9.59 Å². The van der Waals surface area contributed by atoms with E-state index in [0.717, 1.165) is 33.4 Å². The van der Waals surface area contributed by atoms with Gasteiger partial charge in [0.25, 0.3) is 0 Å². The molecule has 1 atom stereocenters. The van der Waals surface area contributed by atoms with Crippen LogP contribution in [0.5, 0.6) is 0 Å². The van der Waals surface area contributed by atoms with Gasteiger partial charge in [-0.1, -0.05) is 72.8 Å². The third kappa shape index (κ3) is 6.08. The first-order valence-electron chi connectivity index (χ1n) is 11.8. The van der Waals surface area contributed by atoms with Crippen LogP contribution in [0.15, 0.2) is 72.8 Å². The van der Waals surface area contributed by atoms with Crippen molar-refractivity contribution in [1.82, 2.24) is 5.32 Å². The summed E-state index contributed by atoms with van der Waals surface area (Å²) in [6.07, 6.45) is -0.589. The van der Waals surface area contributed by atoms with Crippen LogP contribution < -0.4 is 5.32 Å². The Morgan fingerprint density at radius 1 is 0.886 bits per heavy atom. The first-order valence-corrected chi connectivity index (χ1v) is 11.8. The molecular formula is C29H31NO5. The summed E-state index contributed by atoms with van der Waals surface area (Å²) in [4.78, 5) is 24.4. The van der Waals surface area contributed by atoms with Gasteiger partial charge in [0, 0.05) is 12.3 Å². The molecule has 3 aromatic carbocycles. The maximum Gasteiger partial charge on any atom is 0.407 e. The van der Waals surface area contributed by atoms with Crippen molar-refractivity contribution in [2.75, 3.05) is 6.61 Å². The van der Waals surface area contributed by atoms with E-state index in [1.54, 1.807) is 0 Å². The Hall–Kier alpha value is -3.64. The third-order valence-corrected chi connectivity index (χ3v) is 6.07. The highest BCUT2D eigenvalue weighted by Crippen LogP contribution is 2.44. The predicted molar refractivity (Wildman–Crippen MR) is 134 cm³/mol. The van der Waals surface area contributed by atoms with Gasteiger partial charge >= 0.3 is 12.1 Å². The zero-order chi connectivity index (χ0) is 25.0. The molecule has 182 valence electrons. The van der Waals surface area contributed by atoms with Crippen LogP contribution in [0.2, 0.25) is 0 Å². The molecule has 0 saturated carbocycles. The van der Waals surface area contributed by atoms with Crippen molar-refractivity contribution in [2.24, 2.45) is 0 Å². The number of carboxylic acids is 1. The lowest BCUT2D eigenvalue weighted by molar-refractivity contribution is -0.139. The van der Waals surface area contributed by atoms with E-state index < -0.39 is 18.1 Å². The number of carbonyl (C=O) groups is 2. The van der Waals surface area contributed by atoms with Crippen molar-refractivity contribution >= 4 is 12.1 Å². The minimum atomic E-state index is -1.11. The molecule has 6 nitrogen and oxygen atoms in total. The van der Waals surface area contributed by atoms with Gasteiger partial charge in [-0.05, 0) is 54.2 Å². The Morgan fingerprint density at radius 3 is 1.97 bits per heavy atom. The number of rotatable bonds is 8. The molecule has 0 saturated heterocycles. The maximum absolute atomic E-state index is 12.5. The minimum Gasteiger partial charge on any atom is -0.480 e. The molecule has 1 amide bonds. The summed E-state index contributed by atoms with van der Waals surface area (Å²) in [5.41, 5.74) is 6.04. The summed E-state index contributed by atoms with van der Waals surface area (Å²) < 4.78 is 11.3. The number of carboxylic acid groups (broad SMARTS) is 1. The summed E-state index contributed by atoms with van der Waals surface area (Å²) in [5, 5.41) is 12.2. The van der Waals surface area contributed by atoms with Gasteiger partial charge in [0.15, 0.2) is 0 Å². The molecule has 1 aliphatic carbocycles. The normalized spacial score (nSPS) is 13.6. The predicted octanol–water partition coefficient (Wildman–Crippen LogP) is 5.54. The maximum atomic E-state index is 12.5. The number of amides is 1. The average Bonchev–Trinajstić information content (AvgIpc) is 3.15. The van der Waals surface area contributed by atoms with Crippen molar-refractivity contribution in [2.45, 2.75) is 51.4 Å². The molecule has 0 heterocycles. The largest absolute Gasteiger partial charge is 0.480 e. The fourth-order valence-corrected chi connectivity index (χ4v) is 4.29. The second-order valence-electron chi connectivity index (χ2n) is 9.78. The molecule has 0 unspecified atom stereocenters. The smallest absolute Gasteiger partial charge is 0.407 e. The van der Waals surface area contributed by atoms with Crippen LogP contribution >= 0.6 is 0 Å². The lowest BCUT2D eigenvalue weighted by atomic mass is 9.98. The Kier molecular flexibility index (Phi) is 7.22. The SMILES string of the molecule is CC(C)(C)OCc1ccc(C[C@H](NC(=O)OCC2c3ccccc3-c3ccccc32)C(=O)O)cc1. The van der Waals surface area contributed by atoms with E-state index >= 15 is 0 Å². The fourth-order valence-electron chi connectivity index (χ4n) is 4.29. The molecule has 3 aromatic rings. The first kappa shape index (κ1) is 24.5. The number of ether oxygens (including phenoxy) is 2. The lowest BCUT2D eigenvalue weighted by Gasteiger charge is -2.20. The van der Waals surface area contributed by atoms with E-state index in [1.165, 1.54) is 0 Å². The topological polar surface area (TPSA) is 84.9 Å². The first-order chi connectivity index (χ1) is 16.7. The highest BCUT2D eigenvalue weighted by molar-refractivity contribution is 5.81. The fraction of sp³-hybridized carbons (Fsp3) is 0.310. The Morgan fingerprint density at radius 2 is 1.43 bits per heavy atom. The number of hydrogen-bond donors (Lipinski definition) is 2. The van der Waals surface area contributed by atoms with Crippen molar-refractivity contribution < 1.29 is 24.2 Å². The summed E-state index contributed by atoms with van der Waals surface area (Å²) in [6, 6.07) is 22.6. The number of fused-ring (bicyclic) bond motifs is 3. The highest BCUT2D eigenvalue weighted by atomic mass is 16.5. The van der Waals surface area contributed by atoms with E-state index in [2.05, 4.69) is 17.4 Å². The third-order valence-electron chi connectivity index (χ3n) is 6.07. The summed E-state index contributed by atoms with van der Waals surface area (Å²) in [5.74, 6) is -1.20. The average molecular weight is 474 g/mol. The number of aliphatic carboxylic acids is 1. The monoisotopic (exact) mass is 473 g/mol. The Balaban J connectivity index is 1.36. The molecule has 0 aliphatic heterocycles. The van der Waals surface area contributed by atoms with E-state index in [-0.39, 0.29) is 24.5 Å². The standard InChI is InChI=1S/C29H31NO5/c1-29(2,3)35-17-20-14-12-19(13-15-20)16-26(27(31)32)30-28(33)34-18-25-23-10-6-4-8-21(23)22-9-5-7-11-24(22)25/h4-15,25-26H,16-18H2,1-3H3,(H,30,33)(H,31,32)/t26-/m0/s1. The lowest BCUT2D eigenvalue weighted by Crippen LogP contribution is -2.42. The van der Waals surface area contributed by atoms with Crippen molar-refractivity contribution in [1.29, 1.82) is 0 Å². The molecule has 35 heavy (non-hydrogen) atoms. The van der Waals surface area contributed by atoms with Crippen LogP contribution in [0.25, 0.3) is 11.1 Å². The van der Waals surface area contributed by atoms with Crippen LogP contribution in [0.3, 0.4) is 0 Å². The summed E-state index contributed by atoms with van der Waals surface area (Å²) in [6.45, 7) is 6.59. The zero-order valence-corrected chi connectivity index (χ0v) is 20.3. The number of hydrogen-bond acceptors (Lipinski definition) is 4. The molecule has 6 heteroatoms. The molecule has 2 N–H and O–H groups in total. The van der Waals surface area contributed by atoms with Crippen molar-refractivity contribution in [3.63, 3.8) is 0 Å². The Labute approximate surface area is 205 Å². The summed E-state index contributed by atoms with van der Waals surface area (Å²) >= 11 is 0. The van der Waals surface area contributed by atoms with Gasteiger partial charge < -0.3 is 19.9 Å². The molecule has 0 fully saturated rings. The molecule has 0 bridgehead atoms. The number of alkyl carbamates (subject to hydrolysis) is 1. The van der Waals surface area contributed by atoms with Gasteiger partial charge in [-0.15, -0.1) is 0 Å². The van der Waals surface area contributed by atoms with E-state index in [9.17, 15) is 14.7 Å². The van der Waals surface area contributed by atoms with E-state index in [4.69, 9.17) is 9.47 Å². The molecule has 0 spiro atoms. The van der Waals surface area contributed by atoms with Crippen molar-refractivity contribution in [3.8, 4) is 11.1 Å². The van der Waals surface area contributed by atoms with Crippen molar-refractivity contribution in [3.05, 3.63) is 95.1 Å². The second kappa shape index (κ2) is 10.3. The molecule has 1 aliphatic rings.